The van der Waals surface area contributed by atoms with E-state index in [1.165, 1.54) is 6.26 Å². The predicted molar refractivity (Wildman–Crippen MR) is 40.9 cm³/mol. The van der Waals surface area contributed by atoms with E-state index in [4.69, 9.17) is 0 Å². The molecule has 1 aliphatic heterocycles. The zero-order valence-electron chi connectivity index (χ0n) is 6.27. The van der Waals surface area contributed by atoms with Gasteiger partial charge in [-0.25, -0.2) is 4.21 Å². The van der Waals surface area contributed by atoms with Gasteiger partial charge in [-0.15, -0.1) is 0 Å². The van der Waals surface area contributed by atoms with Crippen LogP contribution in [0, 0.1) is 0 Å². The van der Waals surface area contributed by atoms with Crippen molar-refractivity contribution in [2.45, 2.75) is 5.75 Å². The van der Waals surface area contributed by atoms with Gasteiger partial charge in [-0.1, -0.05) is 0 Å². The standard InChI is InChI=1S/C5H6N4O2S/c1-12(11)2-3-4(5(10)8-12)7-9-6-3/h2H2,1H3,(H,6,7,9). The van der Waals surface area contributed by atoms with E-state index in [0.717, 1.165) is 0 Å². The smallest absolute Gasteiger partial charge is 0.264 e. The highest BCUT2D eigenvalue weighted by Gasteiger charge is 2.24. The minimum Gasteiger partial charge on any atom is -0.264 e. The maximum Gasteiger partial charge on any atom is 0.307 e. The molecule has 64 valence electrons. The average Bonchev–Trinajstić information content (AvgIpc) is 2.31. The topological polar surface area (TPSA) is 88.1 Å². The second kappa shape index (κ2) is 2.13. The Kier molecular flexibility index (Phi) is 1.31. The van der Waals surface area contributed by atoms with Crippen molar-refractivity contribution in [2.75, 3.05) is 6.26 Å². The van der Waals surface area contributed by atoms with Crippen LogP contribution in [0.4, 0.5) is 0 Å². The SMILES string of the molecule is CS1(=O)=NC(=O)c2n[nH]nc2C1. The number of hydrogen-bond donors (Lipinski definition) is 1. The summed E-state index contributed by atoms with van der Waals surface area (Å²) < 4.78 is 14.9. The Bertz CT molecular complexity index is 454. The Morgan fingerprint density at radius 2 is 2.25 bits per heavy atom. The van der Waals surface area contributed by atoms with Crippen molar-refractivity contribution in [1.29, 1.82) is 0 Å². The highest BCUT2D eigenvalue weighted by molar-refractivity contribution is 7.92. The number of nitrogens with one attached hydrogen (secondary N) is 1. The van der Waals surface area contributed by atoms with Gasteiger partial charge in [-0.05, 0) is 0 Å². The van der Waals surface area contributed by atoms with Crippen LogP contribution < -0.4 is 0 Å². The minimum absolute atomic E-state index is 0.191. The molecule has 2 heterocycles. The Morgan fingerprint density at radius 3 is 3.00 bits per heavy atom. The fraction of sp³-hybridized carbons (Fsp3) is 0.400. The lowest BCUT2D eigenvalue weighted by Gasteiger charge is -2.05. The first-order chi connectivity index (χ1) is 5.58. The molecule has 6 nitrogen and oxygen atoms in total. The molecule has 0 saturated carbocycles. The van der Waals surface area contributed by atoms with Crippen LogP contribution in [0.2, 0.25) is 0 Å². The summed E-state index contributed by atoms with van der Waals surface area (Å²) >= 11 is 0. The van der Waals surface area contributed by atoms with Crippen LogP contribution in [0.1, 0.15) is 16.2 Å². The third-order valence-electron chi connectivity index (χ3n) is 1.50. The number of amides is 1. The molecule has 0 bridgehead atoms. The number of H-pyrrole nitrogens is 1. The normalized spacial score (nSPS) is 27.9. The molecule has 0 fully saturated rings. The molecular weight excluding hydrogens is 180 g/mol. The van der Waals surface area contributed by atoms with E-state index in [2.05, 4.69) is 19.8 Å². The third kappa shape index (κ3) is 1.02. The van der Waals surface area contributed by atoms with Gasteiger partial charge in [0.1, 0.15) is 5.69 Å². The summed E-state index contributed by atoms with van der Waals surface area (Å²) in [5.74, 6) is -0.345. The van der Waals surface area contributed by atoms with Gasteiger partial charge in [0.15, 0.2) is 5.69 Å². The second-order valence-electron chi connectivity index (χ2n) is 2.62. The number of hydrogen-bond acceptors (Lipinski definition) is 4. The van der Waals surface area contributed by atoms with E-state index in [-0.39, 0.29) is 11.4 Å². The molecule has 1 aliphatic rings. The van der Waals surface area contributed by atoms with Crippen LogP contribution in [-0.4, -0.2) is 31.8 Å². The lowest BCUT2D eigenvalue weighted by atomic mass is 10.3. The van der Waals surface area contributed by atoms with Crippen LogP contribution >= 0.6 is 0 Å². The number of carbonyl (C=O) groups excluding carboxylic acids is 1. The molecule has 1 amide bonds. The number of rotatable bonds is 0. The number of aromatic amines is 1. The lowest BCUT2D eigenvalue weighted by molar-refractivity contribution is 0.0998. The first-order valence-electron chi connectivity index (χ1n) is 3.22. The van der Waals surface area contributed by atoms with Gasteiger partial charge in [0.05, 0.1) is 15.5 Å². The van der Waals surface area contributed by atoms with E-state index in [1.807, 2.05) is 0 Å². The average molecular weight is 186 g/mol. The quantitative estimate of drug-likeness (QED) is 0.594. The van der Waals surface area contributed by atoms with Gasteiger partial charge in [-0.2, -0.15) is 19.8 Å². The van der Waals surface area contributed by atoms with Gasteiger partial charge >= 0.3 is 5.91 Å². The van der Waals surface area contributed by atoms with Crippen LogP contribution in [0.15, 0.2) is 4.36 Å². The predicted octanol–water partition coefficient (Wildman–Crippen LogP) is -0.444. The number of fused-ring (bicyclic) bond motifs is 1. The second-order valence-corrected chi connectivity index (χ2v) is 5.01. The van der Waals surface area contributed by atoms with Crippen LogP contribution in [0.3, 0.4) is 0 Å². The van der Waals surface area contributed by atoms with Crippen molar-refractivity contribution < 1.29 is 9.00 Å². The molecule has 1 N–H and O–H groups in total. The van der Waals surface area contributed by atoms with Gasteiger partial charge in [0, 0.05) is 6.26 Å². The van der Waals surface area contributed by atoms with Gasteiger partial charge in [-0.3, -0.25) is 4.79 Å². The lowest BCUT2D eigenvalue weighted by Crippen LogP contribution is -2.14. The fourth-order valence-electron chi connectivity index (χ4n) is 1.03. The zero-order valence-corrected chi connectivity index (χ0v) is 7.09. The van der Waals surface area contributed by atoms with Crippen molar-refractivity contribution in [3.8, 4) is 0 Å². The van der Waals surface area contributed by atoms with Gasteiger partial charge in [0.25, 0.3) is 0 Å². The van der Waals surface area contributed by atoms with Crippen LogP contribution in [-0.2, 0) is 15.5 Å². The van der Waals surface area contributed by atoms with Crippen molar-refractivity contribution in [3.05, 3.63) is 11.4 Å². The molecular formula is C5H6N4O2S. The number of nitrogens with zero attached hydrogens (tertiary/aromatic N) is 3. The molecule has 7 heteroatoms. The minimum atomic E-state index is -2.41. The fourth-order valence-corrected chi connectivity index (χ4v) is 2.24. The molecule has 0 radical (unpaired) electrons. The highest BCUT2D eigenvalue weighted by atomic mass is 32.2. The van der Waals surface area contributed by atoms with E-state index in [0.29, 0.717) is 5.69 Å². The summed E-state index contributed by atoms with van der Waals surface area (Å²) in [5.41, 5.74) is 0.637. The molecule has 1 aromatic heterocycles. The molecule has 1 atom stereocenters. The Morgan fingerprint density at radius 1 is 1.50 bits per heavy atom. The van der Waals surface area contributed by atoms with Crippen LogP contribution in [0.5, 0.6) is 0 Å². The van der Waals surface area contributed by atoms with E-state index in [1.54, 1.807) is 0 Å². The first-order valence-corrected chi connectivity index (χ1v) is 5.31. The van der Waals surface area contributed by atoms with Crippen molar-refractivity contribution in [1.82, 2.24) is 15.4 Å². The molecule has 0 aliphatic carbocycles. The molecule has 2 rings (SSSR count). The Labute approximate surface area is 68.5 Å². The Balaban J connectivity index is 2.65. The molecule has 0 spiro atoms. The summed E-state index contributed by atoms with van der Waals surface area (Å²) in [4.78, 5) is 11.1. The molecule has 0 saturated heterocycles. The first kappa shape index (κ1) is 7.41. The van der Waals surface area contributed by atoms with Gasteiger partial charge < -0.3 is 0 Å². The summed E-state index contributed by atoms with van der Waals surface area (Å²) in [6.45, 7) is 0. The summed E-state index contributed by atoms with van der Waals surface area (Å²) in [7, 11) is -2.41. The summed E-state index contributed by atoms with van der Waals surface area (Å²) in [5, 5.41) is 9.61. The summed E-state index contributed by atoms with van der Waals surface area (Å²) in [6, 6.07) is 0. The zero-order chi connectivity index (χ0) is 8.77. The largest absolute Gasteiger partial charge is 0.307 e. The van der Waals surface area contributed by atoms with E-state index < -0.39 is 15.6 Å². The molecule has 12 heavy (non-hydrogen) atoms. The van der Waals surface area contributed by atoms with E-state index in [9.17, 15) is 9.00 Å². The third-order valence-corrected chi connectivity index (χ3v) is 2.86. The number of carbonyl (C=O) groups is 1. The molecule has 0 aromatic carbocycles. The Hall–Kier alpha value is -1.24. The van der Waals surface area contributed by atoms with Crippen molar-refractivity contribution in [3.63, 3.8) is 0 Å². The number of aromatic nitrogens is 3. The molecule has 1 unspecified atom stereocenters. The summed E-state index contributed by atoms with van der Waals surface area (Å²) in [6.07, 6.45) is 1.43. The van der Waals surface area contributed by atoms with Crippen molar-refractivity contribution >= 4 is 15.6 Å². The van der Waals surface area contributed by atoms with E-state index >= 15 is 0 Å². The van der Waals surface area contributed by atoms with Gasteiger partial charge in [0.2, 0.25) is 0 Å². The van der Waals surface area contributed by atoms with Crippen molar-refractivity contribution in [2.24, 2.45) is 4.36 Å². The highest BCUT2D eigenvalue weighted by Crippen LogP contribution is 2.15. The van der Waals surface area contributed by atoms with Crippen LogP contribution in [0.25, 0.3) is 0 Å². The molecule has 1 aromatic rings. The monoisotopic (exact) mass is 186 g/mol. The maximum absolute atomic E-state index is 11.4. The maximum atomic E-state index is 11.4.